The van der Waals surface area contributed by atoms with Crippen LogP contribution < -0.4 is 14.8 Å². The molecule has 0 bridgehead atoms. The molecule has 11 heteroatoms. The van der Waals surface area contributed by atoms with Gasteiger partial charge in [-0.15, -0.1) is 0 Å². The van der Waals surface area contributed by atoms with Gasteiger partial charge < -0.3 is 19.7 Å². The first-order valence-corrected chi connectivity index (χ1v) is 11.0. The zero-order valence-electron chi connectivity index (χ0n) is 16.7. The van der Waals surface area contributed by atoms with Gasteiger partial charge in [-0.1, -0.05) is 30.3 Å². The molecule has 0 radical (unpaired) electrons. The van der Waals surface area contributed by atoms with Gasteiger partial charge in [0, 0.05) is 25.0 Å². The minimum Gasteiger partial charge on any atom is -0.488 e. The number of carbonyl (C=O) groups excluding carboxylic acids is 1. The number of fused-ring (bicyclic) bond motifs is 1. The van der Waals surface area contributed by atoms with E-state index in [1.165, 1.54) is 23.9 Å². The summed E-state index contributed by atoms with van der Waals surface area (Å²) in [7, 11) is -2.70. The third-order valence-corrected chi connectivity index (χ3v) is 6.50. The summed E-state index contributed by atoms with van der Waals surface area (Å²) in [4.78, 5) is 12.6. The van der Waals surface area contributed by atoms with E-state index in [0.717, 1.165) is 12.1 Å². The minimum absolute atomic E-state index is 0.0177. The van der Waals surface area contributed by atoms with Crippen molar-refractivity contribution in [2.45, 2.75) is 17.0 Å². The molecule has 32 heavy (non-hydrogen) atoms. The van der Waals surface area contributed by atoms with Crippen LogP contribution in [0.1, 0.15) is 22.2 Å². The molecule has 0 aliphatic carbocycles. The van der Waals surface area contributed by atoms with E-state index in [1.54, 1.807) is 30.3 Å². The monoisotopic (exact) mass is 463 g/mol. The van der Waals surface area contributed by atoms with Crippen molar-refractivity contribution >= 4 is 21.6 Å². The lowest BCUT2D eigenvalue weighted by Crippen LogP contribution is -2.41. The van der Waals surface area contributed by atoms with Gasteiger partial charge in [-0.25, -0.2) is 21.9 Å². The molecule has 2 aromatic carbocycles. The highest BCUT2D eigenvalue weighted by Gasteiger charge is 2.37. The third-order valence-electron chi connectivity index (χ3n) is 5.02. The van der Waals surface area contributed by atoms with Crippen molar-refractivity contribution in [3.8, 4) is 5.75 Å². The molecule has 1 aliphatic rings. The molecular formula is C21H19F2N3O5S. The smallest absolute Gasteiger partial charge is 0.276 e. The Hall–Kier alpha value is -3.28. The predicted molar refractivity (Wildman–Crippen MR) is 111 cm³/mol. The molecule has 0 fully saturated rings. The molecule has 168 valence electrons. The number of nitrogens with zero attached hydrogens (tertiary/aromatic N) is 1. The number of rotatable bonds is 4. The Kier molecular flexibility index (Phi) is 5.71. The third kappa shape index (κ3) is 4.09. The largest absolute Gasteiger partial charge is 0.488 e. The maximum absolute atomic E-state index is 13.5. The minimum atomic E-state index is -4.15. The van der Waals surface area contributed by atoms with Crippen LogP contribution in [0.15, 0.2) is 59.6 Å². The Labute approximate surface area is 182 Å². The Morgan fingerprint density at radius 3 is 2.62 bits per heavy atom. The van der Waals surface area contributed by atoms with E-state index in [-0.39, 0.29) is 28.6 Å². The zero-order valence-corrected chi connectivity index (χ0v) is 17.6. The highest BCUT2D eigenvalue weighted by Crippen LogP contribution is 2.34. The number of ether oxygens (including phenoxy) is 1. The van der Waals surface area contributed by atoms with Gasteiger partial charge >= 0.3 is 0 Å². The van der Waals surface area contributed by atoms with Crippen LogP contribution in [0.4, 0.5) is 14.5 Å². The molecule has 1 aromatic heterocycles. The van der Waals surface area contributed by atoms with E-state index in [1.807, 2.05) is 0 Å². The van der Waals surface area contributed by atoms with Crippen molar-refractivity contribution in [1.82, 2.24) is 9.29 Å². The quantitative estimate of drug-likeness (QED) is 0.550. The van der Waals surface area contributed by atoms with Crippen LogP contribution in [0, 0.1) is 11.6 Å². The number of aliphatic hydroxyl groups excluding tert-OH is 1. The van der Waals surface area contributed by atoms with E-state index in [0.29, 0.717) is 5.56 Å². The van der Waals surface area contributed by atoms with Crippen LogP contribution >= 0.6 is 0 Å². The van der Waals surface area contributed by atoms with E-state index in [9.17, 15) is 27.1 Å². The second-order valence-electron chi connectivity index (χ2n) is 7.26. The van der Waals surface area contributed by atoms with Crippen molar-refractivity contribution in [1.29, 1.82) is 0 Å². The standard InChI is InChI=1S/C21H19F2N3O5S/c1-26-10-17-20(18(26)21(28)24-13-7-8-14(22)15(23)9-13)31-11-16(25-32(17,29)30)19(27)12-5-3-2-4-6-12/h2-10,16,19,25,27H,11H2,1H3,(H,24,28)/t16-,19-/m1/s1. The van der Waals surface area contributed by atoms with Crippen molar-refractivity contribution in [3.05, 3.63) is 77.6 Å². The van der Waals surface area contributed by atoms with E-state index >= 15 is 0 Å². The molecule has 4 rings (SSSR count). The first-order valence-electron chi connectivity index (χ1n) is 9.51. The molecule has 0 unspecified atom stereocenters. The summed E-state index contributed by atoms with van der Waals surface area (Å²) in [6.07, 6.45) is 0.0120. The second kappa shape index (κ2) is 8.34. The van der Waals surface area contributed by atoms with Crippen LogP contribution in [-0.4, -0.2) is 36.6 Å². The maximum Gasteiger partial charge on any atom is 0.276 e. The van der Waals surface area contributed by atoms with E-state index in [2.05, 4.69) is 10.0 Å². The number of hydrogen-bond donors (Lipinski definition) is 3. The molecule has 1 aliphatic heterocycles. The summed E-state index contributed by atoms with van der Waals surface area (Å²) < 4.78 is 61.8. The van der Waals surface area contributed by atoms with Gasteiger partial charge in [0.1, 0.15) is 11.5 Å². The van der Waals surface area contributed by atoms with Crippen LogP contribution in [0.5, 0.6) is 5.75 Å². The maximum atomic E-state index is 13.5. The number of aliphatic hydroxyl groups is 1. The van der Waals surface area contributed by atoms with Crippen LogP contribution in [0.3, 0.4) is 0 Å². The Morgan fingerprint density at radius 2 is 1.94 bits per heavy atom. The van der Waals surface area contributed by atoms with Gasteiger partial charge in [-0.3, -0.25) is 4.79 Å². The summed E-state index contributed by atoms with van der Waals surface area (Å²) in [6, 6.07) is 10.3. The van der Waals surface area contributed by atoms with Crippen LogP contribution in [-0.2, 0) is 17.1 Å². The molecule has 3 aromatic rings. The van der Waals surface area contributed by atoms with Crippen molar-refractivity contribution in [3.63, 3.8) is 0 Å². The van der Waals surface area contributed by atoms with Crippen molar-refractivity contribution < 1.29 is 31.8 Å². The summed E-state index contributed by atoms with van der Waals surface area (Å²) in [5.74, 6) is -3.20. The number of benzene rings is 2. The van der Waals surface area contributed by atoms with Gasteiger partial charge in [0.25, 0.3) is 5.91 Å². The zero-order chi connectivity index (χ0) is 23.0. The Bertz CT molecular complexity index is 1280. The van der Waals surface area contributed by atoms with E-state index < -0.39 is 39.7 Å². The number of anilines is 1. The first kappa shape index (κ1) is 21.9. The molecule has 0 saturated carbocycles. The lowest BCUT2D eigenvalue weighted by atomic mass is 10.0. The fourth-order valence-corrected chi connectivity index (χ4v) is 4.86. The normalized spacial score (nSPS) is 18.2. The fraction of sp³-hybridized carbons (Fsp3) is 0.190. The van der Waals surface area contributed by atoms with Crippen molar-refractivity contribution in [2.24, 2.45) is 7.05 Å². The molecule has 8 nitrogen and oxygen atoms in total. The number of carbonyl (C=O) groups is 1. The number of halogens is 2. The average Bonchev–Trinajstić information content (AvgIpc) is 3.04. The topological polar surface area (TPSA) is 110 Å². The highest BCUT2D eigenvalue weighted by atomic mass is 32.2. The fourth-order valence-electron chi connectivity index (χ4n) is 3.44. The molecule has 0 spiro atoms. The van der Waals surface area contributed by atoms with Gasteiger partial charge in [0.15, 0.2) is 23.1 Å². The molecule has 0 saturated heterocycles. The molecule has 2 heterocycles. The predicted octanol–water partition coefficient (Wildman–Crippen LogP) is 2.33. The van der Waals surface area contributed by atoms with Crippen LogP contribution in [0.25, 0.3) is 0 Å². The SMILES string of the molecule is Cn1cc2c(c1C(=O)Nc1ccc(F)c(F)c1)OC[C@H]([C@H](O)c1ccccc1)NS2(=O)=O. The van der Waals surface area contributed by atoms with Crippen LogP contribution in [0.2, 0.25) is 0 Å². The number of aromatic nitrogens is 1. The number of amides is 1. The summed E-state index contributed by atoms with van der Waals surface area (Å²) >= 11 is 0. The molecule has 2 atom stereocenters. The lowest BCUT2D eigenvalue weighted by Gasteiger charge is -2.21. The van der Waals surface area contributed by atoms with Crippen molar-refractivity contribution in [2.75, 3.05) is 11.9 Å². The molecular weight excluding hydrogens is 444 g/mol. The second-order valence-corrected chi connectivity index (χ2v) is 8.94. The Balaban J connectivity index is 1.64. The molecule has 3 N–H and O–H groups in total. The Morgan fingerprint density at radius 1 is 1.22 bits per heavy atom. The highest BCUT2D eigenvalue weighted by molar-refractivity contribution is 7.89. The van der Waals surface area contributed by atoms with E-state index in [4.69, 9.17) is 4.74 Å². The summed E-state index contributed by atoms with van der Waals surface area (Å²) in [5.41, 5.74) is 0.341. The lowest BCUT2D eigenvalue weighted by molar-refractivity contribution is 0.0996. The average molecular weight is 463 g/mol. The van der Waals surface area contributed by atoms with Gasteiger partial charge in [-0.2, -0.15) is 0 Å². The van der Waals surface area contributed by atoms with Gasteiger partial charge in [0.05, 0.1) is 12.1 Å². The summed E-state index contributed by atoms with van der Waals surface area (Å²) in [6.45, 7) is -0.252. The number of sulfonamides is 1. The number of nitrogens with one attached hydrogen (secondary N) is 2. The first-order chi connectivity index (χ1) is 15.2. The number of hydrogen-bond acceptors (Lipinski definition) is 5. The summed E-state index contributed by atoms with van der Waals surface area (Å²) in [5, 5.41) is 13.0. The van der Waals surface area contributed by atoms with Gasteiger partial charge in [-0.05, 0) is 17.7 Å². The molecule has 1 amide bonds. The number of aryl methyl sites for hydroxylation is 1. The van der Waals surface area contributed by atoms with Gasteiger partial charge in [0.2, 0.25) is 10.0 Å².